The topological polar surface area (TPSA) is 109 Å². The number of likely N-dealkylation sites (N-methyl/N-ethyl adjacent to an activating group) is 1. The standard InChI is InChI=1S/C10H13N5O3S/c1-14-2-3-15(10(18)9(14)17)4-6-5-19-8(12-6)7(16)13-11/h5H,2-4,11H2,1H3,(H,13,16). The molecule has 3 amide bonds. The van der Waals surface area contributed by atoms with Gasteiger partial charge in [-0.05, 0) is 0 Å². The van der Waals surface area contributed by atoms with Crippen molar-refractivity contribution in [2.45, 2.75) is 6.54 Å². The molecule has 1 aliphatic rings. The molecular formula is C10H13N5O3S. The zero-order valence-corrected chi connectivity index (χ0v) is 11.1. The first-order chi connectivity index (χ1) is 9.02. The number of carbonyl (C=O) groups excluding carboxylic acids is 3. The van der Waals surface area contributed by atoms with Gasteiger partial charge < -0.3 is 9.80 Å². The Hall–Kier alpha value is -2.00. The lowest BCUT2D eigenvalue weighted by Gasteiger charge is -2.30. The maximum atomic E-state index is 11.7. The third-order valence-corrected chi connectivity index (χ3v) is 3.64. The van der Waals surface area contributed by atoms with E-state index in [1.807, 2.05) is 5.43 Å². The maximum absolute atomic E-state index is 11.7. The number of nitrogens with two attached hydrogens (primary N) is 1. The van der Waals surface area contributed by atoms with Crippen LogP contribution in [0.15, 0.2) is 5.38 Å². The van der Waals surface area contributed by atoms with Gasteiger partial charge in [0.2, 0.25) is 0 Å². The second kappa shape index (κ2) is 5.33. The van der Waals surface area contributed by atoms with Gasteiger partial charge in [0.15, 0.2) is 5.01 Å². The van der Waals surface area contributed by atoms with Crippen molar-refractivity contribution in [2.75, 3.05) is 20.1 Å². The van der Waals surface area contributed by atoms with Crippen LogP contribution in [-0.2, 0) is 16.1 Å². The predicted octanol–water partition coefficient (Wildman–Crippen LogP) is -1.45. The zero-order valence-electron chi connectivity index (χ0n) is 10.3. The van der Waals surface area contributed by atoms with Crippen molar-refractivity contribution in [3.05, 3.63) is 16.1 Å². The van der Waals surface area contributed by atoms with Gasteiger partial charge in [-0.2, -0.15) is 0 Å². The van der Waals surface area contributed by atoms with Gasteiger partial charge in [0.05, 0.1) is 12.2 Å². The molecule has 1 aromatic rings. The summed E-state index contributed by atoms with van der Waals surface area (Å²) in [4.78, 5) is 41.4. The first-order valence-corrected chi connectivity index (χ1v) is 6.40. The van der Waals surface area contributed by atoms with Crippen molar-refractivity contribution >= 4 is 29.1 Å². The Kier molecular flexibility index (Phi) is 3.76. The summed E-state index contributed by atoms with van der Waals surface area (Å²) in [5, 5.41) is 1.89. The second-order valence-corrected chi connectivity index (χ2v) is 4.93. The molecule has 0 unspecified atom stereocenters. The summed E-state index contributed by atoms with van der Waals surface area (Å²) in [6.45, 7) is 1.16. The smallest absolute Gasteiger partial charge is 0.312 e. The normalized spacial score (nSPS) is 15.9. The maximum Gasteiger partial charge on any atom is 0.312 e. The van der Waals surface area contributed by atoms with Gasteiger partial charge in [-0.1, -0.05) is 0 Å². The highest BCUT2D eigenvalue weighted by Crippen LogP contribution is 2.13. The van der Waals surface area contributed by atoms with Gasteiger partial charge in [0.25, 0.3) is 5.91 Å². The minimum Gasteiger partial charge on any atom is -0.336 e. The fourth-order valence-corrected chi connectivity index (χ4v) is 2.38. The number of nitrogens with zero attached hydrogens (tertiary/aromatic N) is 3. The van der Waals surface area contributed by atoms with E-state index >= 15 is 0 Å². The summed E-state index contributed by atoms with van der Waals surface area (Å²) in [6.07, 6.45) is 0. The minimum absolute atomic E-state index is 0.215. The van der Waals surface area contributed by atoms with Gasteiger partial charge in [0.1, 0.15) is 0 Å². The molecule has 1 aromatic heterocycles. The molecule has 19 heavy (non-hydrogen) atoms. The van der Waals surface area contributed by atoms with Gasteiger partial charge in [-0.15, -0.1) is 11.3 Å². The number of piperazine rings is 1. The highest BCUT2D eigenvalue weighted by atomic mass is 32.1. The SMILES string of the molecule is CN1CCN(Cc2csc(C(=O)NN)n2)C(=O)C1=O. The molecule has 3 N–H and O–H groups in total. The van der Waals surface area contributed by atoms with Crippen LogP contribution < -0.4 is 11.3 Å². The molecule has 102 valence electrons. The Labute approximate surface area is 113 Å². The van der Waals surface area contributed by atoms with Crippen molar-refractivity contribution in [2.24, 2.45) is 5.84 Å². The fourth-order valence-electron chi connectivity index (χ4n) is 1.66. The first kappa shape index (κ1) is 13.4. The number of hydrogen-bond acceptors (Lipinski definition) is 6. The van der Waals surface area contributed by atoms with Crippen molar-refractivity contribution < 1.29 is 14.4 Å². The van der Waals surface area contributed by atoms with Crippen LogP contribution >= 0.6 is 11.3 Å². The lowest BCUT2D eigenvalue weighted by atomic mass is 10.3. The number of rotatable bonds is 3. The Morgan fingerprint density at radius 1 is 1.47 bits per heavy atom. The lowest BCUT2D eigenvalue weighted by molar-refractivity contribution is -0.155. The van der Waals surface area contributed by atoms with Crippen LogP contribution in [0.1, 0.15) is 15.5 Å². The quantitative estimate of drug-likeness (QED) is 0.305. The molecule has 0 saturated carbocycles. The summed E-state index contributed by atoms with van der Waals surface area (Å²) < 4.78 is 0. The number of amides is 3. The van der Waals surface area contributed by atoms with Crippen LogP contribution in [0.5, 0.6) is 0 Å². The van der Waals surface area contributed by atoms with E-state index in [0.29, 0.717) is 18.8 Å². The van der Waals surface area contributed by atoms with E-state index < -0.39 is 17.7 Å². The molecule has 2 heterocycles. The number of nitrogen functional groups attached to an aromatic ring is 1. The molecule has 8 nitrogen and oxygen atoms in total. The van der Waals surface area contributed by atoms with Crippen molar-refractivity contribution in [3.63, 3.8) is 0 Å². The Morgan fingerprint density at radius 3 is 2.89 bits per heavy atom. The molecule has 1 aliphatic heterocycles. The molecule has 0 radical (unpaired) electrons. The van der Waals surface area contributed by atoms with E-state index in [0.717, 1.165) is 11.3 Å². The largest absolute Gasteiger partial charge is 0.336 e. The molecule has 0 aromatic carbocycles. The van der Waals surface area contributed by atoms with Crippen LogP contribution in [0.2, 0.25) is 0 Å². The molecule has 9 heteroatoms. The summed E-state index contributed by atoms with van der Waals surface area (Å²) in [6, 6.07) is 0. The molecule has 0 aliphatic carbocycles. The van der Waals surface area contributed by atoms with Crippen LogP contribution in [0.25, 0.3) is 0 Å². The Balaban J connectivity index is 2.05. The lowest BCUT2D eigenvalue weighted by Crippen LogP contribution is -2.52. The number of carbonyl (C=O) groups is 3. The molecule has 0 spiro atoms. The van der Waals surface area contributed by atoms with Gasteiger partial charge >= 0.3 is 11.8 Å². The average molecular weight is 283 g/mol. The third-order valence-electron chi connectivity index (χ3n) is 2.75. The minimum atomic E-state index is -0.549. The van der Waals surface area contributed by atoms with E-state index in [1.54, 1.807) is 12.4 Å². The molecule has 2 rings (SSSR count). The monoisotopic (exact) mass is 283 g/mol. The average Bonchev–Trinajstić information content (AvgIpc) is 2.87. The van der Waals surface area contributed by atoms with Gasteiger partial charge in [-0.3, -0.25) is 19.8 Å². The first-order valence-electron chi connectivity index (χ1n) is 5.52. The van der Waals surface area contributed by atoms with E-state index in [1.165, 1.54) is 9.80 Å². The third kappa shape index (κ3) is 2.71. The van der Waals surface area contributed by atoms with Crippen molar-refractivity contribution in [3.8, 4) is 0 Å². The fraction of sp³-hybridized carbons (Fsp3) is 0.400. The van der Waals surface area contributed by atoms with Gasteiger partial charge in [-0.25, -0.2) is 10.8 Å². The van der Waals surface area contributed by atoms with Crippen LogP contribution in [0.3, 0.4) is 0 Å². The molecule has 0 atom stereocenters. The van der Waals surface area contributed by atoms with E-state index in [9.17, 15) is 14.4 Å². The molecule has 1 fully saturated rings. The molecule has 0 bridgehead atoms. The summed E-state index contributed by atoms with van der Waals surface area (Å²) >= 11 is 1.14. The zero-order chi connectivity index (χ0) is 14.0. The number of aromatic nitrogens is 1. The summed E-state index contributed by atoms with van der Waals surface area (Å²) in [5.41, 5.74) is 2.55. The molecular weight excluding hydrogens is 270 g/mol. The van der Waals surface area contributed by atoms with Crippen LogP contribution in [-0.4, -0.2) is 52.6 Å². The predicted molar refractivity (Wildman–Crippen MR) is 66.8 cm³/mol. The summed E-state index contributed by atoms with van der Waals surface area (Å²) in [7, 11) is 1.59. The van der Waals surface area contributed by atoms with Crippen LogP contribution in [0.4, 0.5) is 0 Å². The van der Waals surface area contributed by atoms with Gasteiger partial charge in [0, 0.05) is 25.5 Å². The van der Waals surface area contributed by atoms with Crippen molar-refractivity contribution in [1.29, 1.82) is 0 Å². The number of hydrogen-bond donors (Lipinski definition) is 2. The van der Waals surface area contributed by atoms with E-state index in [4.69, 9.17) is 5.84 Å². The summed E-state index contributed by atoms with van der Waals surface area (Å²) in [5.74, 6) is 3.45. The van der Waals surface area contributed by atoms with E-state index in [2.05, 4.69) is 4.98 Å². The number of thiazole rings is 1. The van der Waals surface area contributed by atoms with E-state index in [-0.39, 0.29) is 11.6 Å². The molecule has 1 saturated heterocycles. The Bertz CT molecular complexity index is 529. The van der Waals surface area contributed by atoms with Crippen molar-refractivity contribution in [1.82, 2.24) is 20.2 Å². The highest BCUT2D eigenvalue weighted by molar-refractivity contribution is 7.11. The van der Waals surface area contributed by atoms with Crippen LogP contribution in [0, 0.1) is 0 Å². The number of nitrogens with one attached hydrogen (secondary N) is 1. The Morgan fingerprint density at radius 2 is 2.21 bits per heavy atom. The highest BCUT2D eigenvalue weighted by Gasteiger charge is 2.30. The second-order valence-electron chi connectivity index (χ2n) is 4.07. The number of hydrazine groups is 1.